The maximum Gasteiger partial charge on any atom is 0.335 e. The Morgan fingerprint density at radius 2 is 1.76 bits per heavy atom. The summed E-state index contributed by atoms with van der Waals surface area (Å²) in [5.41, 5.74) is 1.06. The molecule has 1 aliphatic rings. The molecule has 0 saturated heterocycles. The number of likely N-dealkylation sites (N-methyl/N-ethyl adjacent to an activating group) is 1. The minimum absolute atomic E-state index is 0.00470. The van der Waals surface area contributed by atoms with Crippen LogP contribution in [0.25, 0.3) is 0 Å². The van der Waals surface area contributed by atoms with Gasteiger partial charge < -0.3 is 15.3 Å². The third kappa shape index (κ3) is 6.21. The number of hydrogen-bond acceptors (Lipinski definition) is 3. The van der Waals surface area contributed by atoms with Crippen LogP contribution in [0.2, 0.25) is 0 Å². The van der Waals surface area contributed by atoms with Crippen molar-refractivity contribution in [1.82, 2.24) is 10.2 Å². The molecule has 2 N–H and O–H groups in total. The summed E-state index contributed by atoms with van der Waals surface area (Å²) >= 11 is 0. The molecule has 0 heterocycles. The Balaban J connectivity index is 1.73. The van der Waals surface area contributed by atoms with Gasteiger partial charge in [0, 0.05) is 20.0 Å². The number of carbonyl (C=O) groups excluding carboxylic acids is 2. The molecule has 1 aromatic carbocycles. The summed E-state index contributed by atoms with van der Waals surface area (Å²) in [4.78, 5) is 36.5. The Bertz CT molecular complexity index is 606. The number of carboxylic acids is 1. The second-order valence-corrected chi connectivity index (χ2v) is 6.74. The molecule has 6 heteroatoms. The van der Waals surface area contributed by atoms with E-state index < -0.39 is 5.97 Å². The predicted octanol–water partition coefficient (Wildman–Crippen LogP) is 2.43. The van der Waals surface area contributed by atoms with Gasteiger partial charge in [-0.15, -0.1) is 0 Å². The summed E-state index contributed by atoms with van der Waals surface area (Å²) in [7, 11) is 1.67. The van der Waals surface area contributed by atoms with Crippen LogP contribution in [0.5, 0.6) is 0 Å². The molecule has 136 valence electrons. The normalized spacial score (nSPS) is 14.8. The minimum atomic E-state index is -0.975. The lowest BCUT2D eigenvalue weighted by atomic mass is 9.87. The van der Waals surface area contributed by atoms with E-state index in [0.717, 1.165) is 18.4 Å². The maximum absolute atomic E-state index is 12.1. The summed E-state index contributed by atoms with van der Waals surface area (Å²) in [6.07, 6.45) is 6.37. The SMILES string of the molecule is CN(Cc1ccc(C(=O)O)cc1)C(=O)CNC(=O)CC1CCCCC1. The summed E-state index contributed by atoms with van der Waals surface area (Å²) in [6.45, 7) is 0.368. The van der Waals surface area contributed by atoms with Gasteiger partial charge >= 0.3 is 5.97 Å². The molecule has 0 radical (unpaired) electrons. The van der Waals surface area contributed by atoms with E-state index in [1.807, 2.05) is 0 Å². The first kappa shape index (κ1) is 19.0. The zero-order valence-electron chi connectivity index (χ0n) is 14.7. The quantitative estimate of drug-likeness (QED) is 0.794. The number of hydrogen-bond donors (Lipinski definition) is 2. The average molecular weight is 346 g/mol. The van der Waals surface area contributed by atoms with Crippen LogP contribution in [-0.2, 0) is 16.1 Å². The smallest absolute Gasteiger partial charge is 0.335 e. The van der Waals surface area contributed by atoms with Gasteiger partial charge in [-0.05, 0) is 36.5 Å². The zero-order chi connectivity index (χ0) is 18.2. The van der Waals surface area contributed by atoms with Crippen LogP contribution in [-0.4, -0.2) is 41.4 Å². The lowest BCUT2D eigenvalue weighted by Gasteiger charge is -2.21. The lowest BCUT2D eigenvalue weighted by molar-refractivity contribution is -0.132. The van der Waals surface area contributed by atoms with Crippen molar-refractivity contribution >= 4 is 17.8 Å². The van der Waals surface area contributed by atoms with Gasteiger partial charge in [0.15, 0.2) is 0 Å². The number of carbonyl (C=O) groups is 3. The van der Waals surface area contributed by atoms with E-state index in [1.165, 1.54) is 36.3 Å². The molecule has 1 saturated carbocycles. The molecule has 0 atom stereocenters. The van der Waals surface area contributed by atoms with Gasteiger partial charge in [0.25, 0.3) is 0 Å². The van der Waals surface area contributed by atoms with Gasteiger partial charge in [-0.25, -0.2) is 4.79 Å². The van der Waals surface area contributed by atoms with E-state index in [4.69, 9.17) is 5.11 Å². The summed E-state index contributed by atoms with van der Waals surface area (Å²) in [5, 5.41) is 11.6. The van der Waals surface area contributed by atoms with Gasteiger partial charge in [0.1, 0.15) is 0 Å². The molecule has 0 aliphatic heterocycles. The van der Waals surface area contributed by atoms with Crippen molar-refractivity contribution in [3.8, 4) is 0 Å². The van der Waals surface area contributed by atoms with E-state index >= 15 is 0 Å². The number of nitrogens with one attached hydrogen (secondary N) is 1. The first-order valence-electron chi connectivity index (χ1n) is 8.78. The topological polar surface area (TPSA) is 86.7 Å². The number of amides is 2. The lowest BCUT2D eigenvalue weighted by Crippen LogP contribution is -2.38. The highest BCUT2D eigenvalue weighted by Crippen LogP contribution is 2.25. The van der Waals surface area contributed by atoms with E-state index in [2.05, 4.69) is 5.32 Å². The van der Waals surface area contributed by atoms with Crippen LogP contribution in [0.1, 0.15) is 54.4 Å². The molecule has 0 aromatic heterocycles. The highest BCUT2D eigenvalue weighted by molar-refractivity contribution is 5.87. The van der Waals surface area contributed by atoms with E-state index in [-0.39, 0.29) is 23.9 Å². The molecule has 2 amide bonds. The molecule has 0 bridgehead atoms. The standard InChI is InChI=1S/C19H26N2O4/c1-21(13-15-7-9-16(10-8-15)19(24)25)18(23)12-20-17(22)11-14-5-3-2-4-6-14/h7-10,14H,2-6,11-13H2,1H3,(H,20,22)(H,24,25). The van der Waals surface area contributed by atoms with Crippen molar-refractivity contribution in [3.05, 3.63) is 35.4 Å². The van der Waals surface area contributed by atoms with Crippen LogP contribution < -0.4 is 5.32 Å². The van der Waals surface area contributed by atoms with Gasteiger partial charge in [-0.3, -0.25) is 9.59 Å². The Morgan fingerprint density at radius 3 is 2.36 bits per heavy atom. The zero-order valence-corrected chi connectivity index (χ0v) is 14.7. The molecule has 25 heavy (non-hydrogen) atoms. The van der Waals surface area contributed by atoms with E-state index in [0.29, 0.717) is 18.9 Å². The van der Waals surface area contributed by atoms with Gasteiger partial charge in [0.2, 0.25) is 11.8 Å². The molecule has 0 unspecified atom stereocenters. The van der Waals surface area contributed by atoms with Crippen LogP contribution in [0, 0.1) is 5.92 Å². The molecular formula is C19H26N2O4. The number of benzene rings is 1. The van der Waals surface area contributed by atoms with Gasteiger partial charge in [-0.2, -0.15) is 0 Å². The predicted molar refractivity (Wildman–Crippen MR) is 94.1 cm³/mol. The Labute approximate surface area is 148 Å². The fourth-order valence-electron chi connectivity index (χ4n) is 3.15. The van der Waals surface area contributed by atoms with E-state index in [1.54, 1.807) is 19.2 Å². The molecule has 1 aliphatic carbocycles. The molecular weight excluding hydrogens is 320 g/mol. The van der Waals surface area contributed by atoms with Crippen molar-refractivity contribution < 1.29 is 19.5 Å². The number of rotatable bonds is 7. The average Bonchev–Trinajstić information content (AvgIpc) is 2.61. The van der Waals surface area contributed by atoms with Crippen LogP contribution >= 0.6 is 0 Å². The van der Waals surface area contributed by atoms with Crippen LogP contribution in [0.15, 0.2) is 24.3 Å². The summed E-state index contributed by atoms with van der Waals surface area (Å²) in [6, 6.07) is 6.41. The summed E-state index contributed by atoms with van der Waals surface area (Å²) < 4.78 is 0. The molecule has 1 aromatic rings. The van der Waals surface area contributed by atoms with E-state index in [9.17, 15) is 14.4 Å². The monoisotopic (exact) mass is 346 g/mol. The van der Waals surface area contributed by atoms with Crippen LogP contribution in [0.4, 0.5) is 0 Å². The van der Waals surface area contributed by atoms with Crippen molar-refractivity contribution in [2.75, 3.05) is 13.6 Å². The maximum atomic E-state index is 12.1. The molecule has 0 spiro atoms. The van der Waals surface area contributed by atoms with Gasteiger partial charge in [0.05, 0.1) is 12.1 Å². The largest absolute Gasteiger partial charge is 0.478 e. The first-order chi connectivity index (χ1) is 12.0. The summed E-state index contributed by atoms with van der Waals surface area (Å²) in [5.74, 6) is -0.746. The van der Waals surface area contributed by atoms with Crippen molar-refractivity contribution in [2.45, 2.75) is 45.1 Å². The second-order valence-electron chi connectivity index (χ2n) is 6.74. The van der Waals surface area contributed by atoms with Crippen molar-refractivity contribution in [2.24, 2.45) is 5.92 Å². The Morgan fingerprint density at radius 1 is 1.12 bits per heavy atom. The fourth-order valence-corrected chi connectivity index (χ4v) is 3.15. The van der Waals surface area contributed by atoms with Crippen LogP contribution in [0.3, 0.4) is 0 Å². The third-order valence-corrected chi connectivity index (χ3v) is 4.68. The number of nitrogens with zero attached hydrogens (tertiary/aromatic N) is 1. The second kappa shape index (κ2) is 9.20. The minimum Gasteiger partial charge on any atom is -0.478 e. The molecule has 2 rings (SSSR count). The molecule has 1 fully saturated rings. The number of aromatic carboxylic acids is 1. The fraction of sp³-hybridized carbons (Fsp3) is 0.526. The Kier molecular flexibility index (Phi) is 6.98. The highest BCUT2D eigenvalue weighted by atomic mass is 16.4. The first-order valence-corrected chi connectivity index (χ1v) is 8.78. The number of carboxylic acid groups (broad SMARTS) is 1. The Hall–Kier alpha value is -2.37. The van der Waals surface area contributed by atoms with Crippen molar-refractivity contribution in [1.29, 1.82) is 0 Å². The highest BCUT2D eigenvalue weighted by Gasteiger charge is 2.18. The molecule has 6 nitrogen and oxygen atoms in total. The van der Waals surface area contributed by atoms with Crippen molar-refractivity contribution in [3.63, 3.8) is 0 Å². The third-order valence-electron chi connectivity index (χ3n) is 4.68. The van der Waals surface area contributed by atoms with Gasteiger partial charge in [-0.1, -0.05) is 31.4 Å².